The molecule has 2 aliphatic carbocycles. The molecule has 34 heavy (non-hydrogen) atoms. The first-order valence-corrected chi connectivity index (χ1v) is 12.3. The molecule has 4 rings (SSSR count). The Bertz CT molecular complexity index is 1060. The molecule has 0 aromatic heterocycles. The number of rotatable bonds is 7. The summed E-state index contributed by atoms with van der Waals surface area (Å²) >= 11 is 0. The summed E-state index contributed by atoms with van der Waals surface area (Å²) in [5.41, 5.74) is 2.58. The molecule has 5 heteroatoms. The molecule has 2 aromatic carbocycles. The van der Waals surface area contributed by atoms with Gasteiger partial charge in [0, 0.05) is 12.7 Å². The summed E-state index contributed by atoms with van der Waals surface area (Å²) in [5.74, 6) is -2.44. The monoisotopic (exact) mass is 472 g/mol. The van der Waals surface area contributed by atoms with Crippen LogP contribution >= 0.6 is 0 Å². The van der Waals surface area contributed by atoms with Crippen LogP contribution in [0.15, 0.2) is 59.7 Å². The fourth-order valence-corrected chi connectivity index (χ4v) is 5.26. The van der Waals surface area contributed by atoms with E-state index >= 15 is 4.39 Å². The van der Waals surface area contributed by atoms with Crippen molar-refractivity contribution in [2.24, 2.45) is 5.92 Å². The smallest absolute Gasteiger partial charge is 0.166 e. The van der Waals surface area contributed by atoms with E-state index in [0.29, 0.717) is 41.9 Å². The molecule has 2 aliphatic rings. The highest BCUT2D eigenvalue weighted by molar-refractivity contribution is 5.65. The van der Waals surface area contributed by atoms with E-state index in [0.717, 1.165) is 37.7 Å². The highest BCUT2D eigenvalue weighted by atomic mass is 19.2. The Labute approximate surface area is 199 Å². The van der Waals surface area contributed by atoms with Crippen LogP contribution < -0.4 is 0 Å². The first-order chi connectivity index (χ1) is 16.4. The third-order valence-electron chi connectivity index (χ3n) is 7.56. The lowest BCUT2D eigenvalue weighted by molar-refractivity contribution is 0.108. The zero-order valence-corrected chi connectivity index (χ0v) is 19.9. The van der Waals surface area contributed by atoms with Crippen molar-refractivity contribution in [1.82, 2.24) is 0 Å². The molecule has 1 unspecified atom stereocenters. The highest BCUT2D eigenvalue weighted by Gasteiger charge is 2.26. The predicted molar refractivity (Wildman–Crippen MR) is 128 cm³/mol. The minimum absolute atomic E-state index is 0.0845. The van der Waals surface area contributed by atoms with Crippen molar-refractivity contribution in [1.29, 1.82) is 0 Å². The van der Waals surface area contributed by atoms with Gasteiger partial charge in [0.15, 0.2) is 23.3 Å². The lowest BCUT2D eigenvalue weighted by atomic mass is 9.77. The summed E-state index contributed by atoms with van der Waals surface area (Å²) in [7, 11) is 1.36. The summed E-state index contributed by atoms with van der Waals surface area (Å²) in [6.07, 6.45) is 7.11. The molecule has 0 spiro atoms. The maximum absolute atomic E-state index is 15.0. The van der Waals surface area contributed by atoms with Gasteiger partial charge in [-0.15, -0.1) is 0 Å². The third kappa shape index (κ3) is 5.14. The van der Waals surface area contributed by atoms with Gasteiger partial charge in [-0.05, 0) is 79.0 Å². The van der Waals surface area contributed by atoms with E-state index in [9.17, 15) is 13.2 Å². The number of hydrogen-bond donors (Lipinski definition) is 0. The summed E-state index contributed by atoms with van der Waals surface area (Å²) < 4.78 is 63.1. The van der Waals surface area contributed by atoms with Crippen LogP contribution in [0.4, 0.5) is 17.6 Å². The van der Waals surface area contributed by atoms with Gasteiger partial charge < -0.3 is 4.74 Å². The van der Waals surface area contributed by atoms with Crippen molar-refractivity contribution < 1.29 is 22.3 Å². The molecule has 2 aromatic rings. The molecule has 1 saturated carbocycles. The summed E-state index contributed by atoms with van der Waals surface area (Å²) in [4.78, 5) is 0. The van der Waals surface area contributed by atoms with Gasteiger partial charge >= 0.3 is 0 Å². The van der Waals surface area contributed by atoms with Crippen molar-refractivity contribution in [2.45, 2.75) is 70.3 Å². The zero-order valence-electron chi connectivity index (χ0n) is 19.9. The zero-order chi connectivity index (χ0) is 24.2. The topological polar surface area (TPSA) is 9.23 Å². The maximum Gasteiger partial charge on any atom is 0.166 e. The first-order valence-electron chi connectivity index (χ1n) is 12.3. The number of aryl methyl sites for hydroxylation is 1. The molecule has 0 saturated heterocycles. The van der Waals surface area contributed by atoms with Crippen LogP contribution in [0.25, 0.3) is 11.1 Å². The lowest BCUT2D eigenvalue weighted by Crippen LogP contribution is -2.15. The van der Waals surface area contributed by atoms with E-state index in [1.807, 2.05) is 12.1 Å². The van der Waals surface area contributed by atoms with Crippen molar-refractivity contribution >= 4 is 0 Å². The Morgan fingerprint density at radius 1 is 0.853 bits per heavy atom. The molecular weight excluding hydrogens is 440 g/mol. The maximum atomic E-state index is 15.0. The van der Waals surface area contributed by atoms with Crippen LogP contribution in [0.5, 0.6) is 0 Å². The molecule has 0 N–H and O–H groups in total. The molecule has 0 aliphatic heterocycles. The minimum Gasteiger partial charge on any atom is -0.374 e. The molecule has 0 bridgehead atoms. The average Bonchev–Trinajstić information content (AvgIpc) is 2.87. The average molecular weight is 473 g/mol. The molecule has 0 radical (unpaired) electrons. The number of methoxy groups -OCH3 is 1. The standard InChI is InChI=1S/C29H32F4O/c1-3-18-4-9-20(10-5-18)23-15-16-24(28(32)27(23)31)21-11-6-19(7-12-21)8-13-22-14-17-25(34-2)29(33)26(22)30/h6-7,11-12,14-16,18,20,25H,3-5,8-10,13,17H2,1-2H3. The number of allylic oxidation sites excluding steroid dienone is 2. The van der Waals surface area contributed by atoms with Gasteiger partial charge in [-0.25, -0.2) is 17.6 Å². The van der Waals surface area contributed by atoms with Crippen LogP contribution in [0.3, 0.4) is 0 Å². The molecular formula is C29H32F4O. The summed E-state index contributed by atoms with van der Waals surface area (Å²) in [6.45, 7) is 2.19. The van der Waals surface area contributed by atoms with E-state index in [2.05, 4.69) is 6.92 Å². The Morgan fingerprint density at radius 3 is 2.21 bits per heavy atom. The second-order valence-electron chi connectivity index (χ2n) is 9.50. The Hall–Kier alpha value is -2.40. The van der Waals surface area contributed by atoms with Crippen LogP contribution in [-0.4, -0.2) is 13.2 Å². The first kappa shape index (κ1) is 24.7. The highest BCUT2D eigenvalue weighted by Crippen LogP contribution is 2.40. The van der Waals surface area contributed by atoms with E-state index in [4.69, 9.17) is 4.74 Å². The second kappa shape index (κ2) is 10.9. The molecule has 1 fully saturated rings. The normalized spacial score (nSPS) is 23.2. The van der Waals surface area contributed by atoms with Crippen molar-refractivity contribution in [3.05, 3.63) is 82.5 Å². The van der Waals surface area contributed by atoms with Crippen molar-refractivity contribution in [2.75, 3.05) is 7.11 Å². The molecule has 0 heterocycles. The number of ether oxygens (including phenoxy) is 1. The molecule has 1 nitrogen and oxygen atoms in total. The van der Waals surface area contributed by atoms with Gasteiger partial charge in [-0.3, -0.25) is 0 Å². The number of halogens is 4. The summed E-state index contributed by atoms with van der Waals surface area (Å²) in [6, 6.07) is 10.6. The molecule has 1 atom stereocenters. The van der Waals surface area contributed by atoms with Crippen LogP contribution in [-0.2, 0) is 11.2 Å². The molecule has 182 valence electrons. The SMILES string of the molecule is CCC1CCC(c2ccc(-c3ccc(CCC4=CCC(OC)C(F)=C4F)cc3)c(F)c2F)CC1. The van der Waals surface area contributed by atoms with Crippen LogP contribution in [0.1, 0.15) is 68.9 Å². The van der Waals surface area contributed by atoms with Gasteiger partial charge in [-0.1, -0.05) is 55.8 Å². The second-order valence-corrected chi connectivity index (χ2v) is 9.50. The van der Waals surface area contributed by atoms with Gasteiger partial charge in [0.25, 0.3) is 0 Å². The van der Waals surface area contributed by atoms with Gasteiger partial charge in [0.2, 0.25) is 0 Å². The fourth-order valence-electron chi connectivity index (χ4n) is 5.26. The Balaban J connectivity index is 1.43. The third-order valence-corrected chi connectivity index (χ3v) is 7.56. The predicted octanol–water partition coefficient (Wildman–Crippen LogP) is 8.74. The van der Waals surface area contributed by atoms with Gasteiger partial charge in [0.1, 0.15) is 6.10 Å². The van der Waals surface area contributed by atoms with Crippen molar-refractivity contribution in [3.8, 4) is 11.1 Å². The molecule has 0 amide bonds. The lowest BCUT2D eigenvalue weighted by Gasteiger charge is -2.28. The van der Waals surface area contributed by atoms with E-state index < -0.39 is 29.4 Å². The summed E-state index contributed by atoms with van der Waals surface area (Å²) in [5, 5.41) is 0. The van der Waals surface area contributed by atoms with Crippen molar-refractivity contribution in [3.63, 3.8) is 0 Å². The van der Waals surface area contributed by atoms with E-state index in [-0.39, 0.29) is 11.5 Å². The van der Waals surface area contributed by atoms with E-state index in [1.54, 1.807) is 30.3 Å². The van der Waals surface area contributed by atoms with Crippen LogP contribution in [0, 0.1) is 17.6 Å². The Morgan fingerprint density at radius 2 is 1.56 bits per heavy atom. The minimum atomic E-state index is -0.852. The van der Waals surface area contributed by atoms with Gasteiger partial charge in [0.05, 0.1) is 0 Å². The van der Waals surface area contributed by atoms with E-state index in [1.165, 1.54) is 7.11 Å². The quantitative estimate of drug-likeness (QED) is 0.366. The number of hydrogen-bond acceptors (Lipinski definition) is 1. The number of benzene rings is 2. The van der Waals surface area contributed by atoms with Crippen LogP contribution in [0.2, 0.25) is 0 Å². The largest absolute Gasteiger partial charge is 0.374 e. The Kier molecular flexibility index (Phi) is 7.92. The van der Waals surface area contributed by atoms with Gasteiger partial charge in [-0.2, -0.15) is 0 Å². The fraction of sp³-hybridized carbons (Fsp3) is 0.448.